The first-order chi connectivity index (χ1) is 10.4. The first-order valence-electron chi connectivity index (χ1n) is 7.73. The van der Waals surface area contributed by atoms with Gasteiger partial charge < -0.3 is 19.7 Å². The van der Waals surface area contributed by atoms with Gasteiger partial charge in [-0.2, -0.15) is 0 Å². The Morgan fingerprint density at radius 2 is 1.77 bits per heavy atom. The van der Waals surface area contributed by atoms with E-state index in [2.05, 4.69) is 10.2 Å². The highest BCUT2D eigenvalue weighted by atomic mass is 16.5. The van der Waals surface area contributed by atoms with Crippen LogP contribution >= 0.6 is 0 Å². The molecule has 7 heteroatoms. The summed E-state index contributed by atoms with van der Waals surface area (Å²) < 4.78 is 10.2. The van der Waals surface area contributed by atoms with E-state index in [1.165, 1.54) is 0 Å². The summed E-state index contributed by atoms with van der Waals surface area (Å²) in [7, 11) is 3.19. The number of methoxy groups -OCH3 is 2. The Morgan fingerprint density at radius 1 is 1.14 bits per heavy atom. The quantitative estimate of drug-likeness (QED) is 0.623. The van der Waals surface area contributed by atoms with Gasteiger partial charge in [-0.1, -0.05) is 0 Å². The Bertz CT molecular complexity index is 366. The highest BCUT2D eigenvalue weighted by Gasteiger charge is 2.33. The van der Waals surface area contributed by atoms with Crippen molar-refractivity contribution in [2.75, 3.05) is 60.1 Å². The van der Waals surface area contributed by atoms with Gasteiger partial charge in [0, 0.05) is 53.6 Å². The normalized spacial score (nSPS) is 16.6. The van der Waals surface area contributed by atoms with Crippen molar-refractivity contribution < 1.29 is 19.1 Å². The molecule has 1 aliphatic heterocycles. The molecule has 2 amide bonds. The van der Waals surface area contributed by atoms with Crippen LogP contribution in [0.25, 0.3) is 0 Å². The summed E-state index contributed by atoms with van der Waals surface area (Å²) >= 11 is 0. The standard InChI is InChI=1S/C15H29N3O4/c1-15(2,22-4)14(20)18-9-7-17(8-10-18)12-13(19)16-6-5-11-21-3/h5-12H2,1-4H3,(H,16,19). The Hall–Kier alpha value is -1.18. The Balaban J connectivity index is 2.28. The van der Waals surface area contributed by atoms with Gasteiger partial charge in [0.05, 0.1) is 6.54 Å². The van der Waals surface area contributed by atoms with Crippen LogP contribution in [-0.4, -0.2) is 87.3 Å². The second kappa shape index (κ2) is 9.07. The van der Waals surface area contributed by atoms with E-state index >= 15 is 0 Å². The molecular formula is C15H29N3O4. The molecular weight excluding hydrogens is 286 g/mol. The molecule has 1 heterocycles. The van der Waals surface area contributed by atoms with Crippen molar-refractivity contribution in [2.24, 2.45) is 0 Å². The smallest absolute Gasteiger partial charge is 0.254 e. The molecule has 0 spiro atoms. The highest BCUT2D eigenvalue weighted by Crippen LogP contribution is 2.14. The molecule has 0 aliphatic carbocycles. The molecule has 0 saturated carbocycles. The molecule has 22 heavy (non-hydrogen) atoms. The monoisotopic (exact) mass is 315 g/mol. The van der Waals surface area contributed by atoms with Gasteiger partial charge in [0.15, 0.2) is 0 Å². The third kappa shape index (κ3) is 5.90. The van der Waals surface area contributed by atoms with Gasteiger partial charge in [0.2, 0.25) is 5.91 Å². The zero-order chi connectivity index (χ0) is 16.6. The number of carbonyl (C=O) groups is 2. The van der Waals surface area contributed by atoms with Gasteiger partial charge in [-0.05, 0) is 20.3 Å². The van der Waals surface area contributed by atoms with Crippen LogP contribution in [0, 0.1) is 0 Å². The van der Waals surface area contributed by atoms with Crippen molar-refractivity contribution in [3.8, 4) is 0 Å². The van der Waals surface area contributed by atoms with Gasteiger partial charge in [-0.25, -0.2) is 0 Å². The van der Waals surface area contributed by atoms with E-state index in [9.17, 15) is 9.59 Å². The fourth-order valence-electron chi connectivity index (χ4n) is 2.28. The second-order valence-corrected chi connectivity index (χ2v) is 5.98. The van der Waals surface area contributed by atoms with E-state index in [0.717, 1.165) is 6.42 Å². The first-order valence-corrected chi connectivity index (χ1v) is 7.73. The van der Waals surface area contributed by atoms with Crippen LogP contribution in [0.4, 0.5) is 0 Å². The van der Waals surface area contributed by atoms with Crippen molar-refractivity contribution in [3.05, 3.63) is 0 Å². The summed E-state index contributed by atoms with van der Waals surface area (Å²) in [5.74, 6) is 0.0202. The largest absolute Gasteiger partial charge is 0.385 e. The van der Waals surface area contributed by atoms with Crippen LogP contribution in [0.15, 0.2) is 0 Å². The molecule has 1 fully saturated rings. The van der Waals surface area contributed by atoms with Gasteiger partial charge in [-0.15, -0.1) is 0 Å². The third-order valence-corrected chi connectivity index (χ3v) is 3.90. The molecule has 1 saturated heterocycles. The van der Waals surface area contributed by atoms with Crippen molar-refractivity contribution in [1.29, 1.82) is 0 Å². The fourth-order valence-corrected chi connectivity index (χ4v) is 2.28. The van der Waals surface area contributed by atoms with Gasteiger partial charge >= 0.3 is 0 Å². The minimum Gasteiger partial charge on any atom is -0.385 e. The third-order valence-electron chi connectivity index (χ3n) is 3.90. The zero-order valence-electron chi connectivity index (χ0n) is 14.2. The lowest BCUT2D eigenvalue weighted by atomic mass is 10.1. The van der Waals surface area contributed by atoms with E-state index in [-0.39, 0.29) is 11.8 Å². The lowest BCUT2D eigenvalue weighted by Crippen LogP contribution is -2.55. The van der Waals surface area contributed by atoms with Gasteiger partial charge in [-0.3, -0.25) is 14.5 Å². The van der Waals surface area contributed by atoms with Crippen LogP contribution in [0.1, 0.15) is 20.3 Å². The average Bonchev–Trinajstić information content (AvgIpc) is 2.51. The fraction of sp³-hybridized carbons (Fsp3) is 0.867. The number of nitrogens with one attached hydrogen (secondary N) is 1. The van der Waals surface area contributed by atoms with E-state index in [1.807, 2.05) is 0 Å². The number of rotatable bonds is 8. The molecule has 128 valence electrons. The molecule has 0 radical (unpaired) electrons. The summed E-state index contributed by atoms with van der Waals surface area (Å²) in [6, 6.07) is 0. The lowest BCUT2D eigenvalue weighted by molar-refractivity contribution is -0.152. The van der Waals surface area contributed by atoms with Crippen molar-refractivity contribution in [1.82, 2.24) is 15.1 Å². The molecule has 0 aromatic carbocycles. The Labute approximate surface area is 132 Å². The molecule has 0 atom stereocenters. The minimum absolute atomic E-state index is 0.00123. The zero-order valence-corrected chi connectivity index (χ0v) is 14.2. The van der Waals surface area contributed by atoms with Crippen molar-refractivity contribution in [2.45, 2.75) is 25.9 Å². The molecule has 0 unspecified atom stereocenters. The van der Waals surface area contributed by atoms with Crippen molar-refractivity contribution >= 4 is 11.8 Å². The summed E-state index contributed by atoms with van der Waals surface area (Å²) in [4.78, 5) is 27.9. The van der Waals surface area contributed by atoms with Crippen LogP contribution < -0.4 is 5.32 Å². The van der Waals surface area contributed by atoms with Gasteiger partial charge in [0.25, 0.3) is 5.91 Å². The first kappa shape index (κ1) is 18.9. The van der Waals surface area contributed by atoms with E-state index in [0.29, 0.717) is 45.9 Å². The van der Waals surface area contributed by atoms with Gasteiger partial charge in [0.1, 0.15) is 5.60 Å². The summed E-state index contributed by atoms with van der Waals surface area (Å²) in [6.07, 6.45) is 0.816. The molecule has 1 rings (SSSR count). The topological polar surface area (TPSA) is 71.1 Å². The van der Waals surface area contributed by atoms with E-state index in [4.69, 9.17) is 9.47 Å². The number of amides is 2. The summed E-state index contributed by atoms with van der Waals surface area (Å²) in [5.41, 5.74) is -0.791. The van der Waals surface area contributed by atoms with E-state index < -0.39 is 5.60 Å². The SMILES string of the molecule is COCCCNC(=O)CN1CCN(C(=O)C(C)(C)OC)CC1. The summed E-state index contributed by atoms with van der Waals surface area (Å²) in [6.45, 7) is 7.87. The number of hydrogen-bond acceptors (Lipinski definition) is 5. The number of hydrogen-bond donors (Lipinski definition) is 1. The molecule has 0 aromatic heterocycles. The predicted molar refractivity (Wildman–Crippen MR) is 83.6 cm³/mol. The lowest BCUT2D eigenvalue weighted by Gasteiger charge is -2.37. The number of nitrogens with zero attached hydrogens (tertiary/aromatic N) is 2. The second-order valence-electron chi connectivity index (χ2n) is 5.98. The van der Waals surface area contributed by atoms with Crippen LogP contribution in [-0.2, 0) is 19.1 Å². The highest BCUT2D eigenvalue weighted by molar-refractivity contribution is 5.84. The maximum absolute atomic E-state index is 12.3. The van der Waals surface area contributed by atoms with Crippen LogP contribution in [0.5, 0.6) is 0 Å². The molecule has 7 nitrogen and oxygen atoms in total. The Kier molecular flexibility index (Phi) is 7.78. The maximum Gasteiger partial charge on any atom is 0.254 e. The Morgan fingerprint density at radius 3 is 2.32 bits per heavy atom. The van der Waals surface area contributed by atoms with Crippen molar-refractivity contribution in [3.63, 3.8) is 0 Å². The average molecular weight is 315 g/mol. The molecule has 0 bridgehead atoms. The molecule has 1 N–H and O–H groups in total. The molecule has 1 aliphatic rings. The van der Waals surface area contributed by atoms with E-state index in [1.54, 1.807) is 33.0 Å². The minimum atomic E-state index is -0.791. The number of piperazine rings is 1. The number of ether oxygens (including phenoxy) is 2. The van der Waals surface area contributed by atoms with Crippen LogP contribution in [0.3, 0.4) is 0 Å². The summed E-state index contributed by atoms with van der Waals surface area (Å²) in [5, 5.41) is 2.87. The number of carbonyl (C=O) groups excluding carboxylic acids is 2. The maximum atomic E-state index is 12.3. The van der Waals surface area contributed by atoms with Crippen LogP contribution in [0.2, 0.25) is 0 Å². The molecule has 0 aromatic rings. The predicted octanol–water partition coefficient (Wildman–Crippen LogP) is -0.292.